The van der Waals surface area contributed by atoms with Gasteiger partial charge in [0.2, 0.25) is 0 Å². The molecule has 5 heteroatoms. The van der Waals surface area contributed by atoms with Gasteiger partial charge in [-0.2, -0.15) is 0 Å². The Kier molecular flexibility index (Phi) is 3.28. The van der Waals surface area contributed by atoms with Gasteiger partial charge in [-0.1, -0.05) is 0 Å². The van der Waals surface area contributed by atoms with E-state index in [-0.39, 0.29) is 0 Å². The lowest BCUT2D eigenvalue weighted by Gasteiger charge is -2.22. The molecule has 0 amide bonds. The van der Waals surface area contributed by atoms with Crippen LogP contribution in [0.25, 0.3) is 0 Å². The molecule has 1 fully saturated rings. The Morgan fingerprint density at radius 1 is 1.22 bits per heavy atom. The van der Waals surface area contributed by atoms with E-state index in [1.54, 1.807) is 0 Å². The number of nitrogens with zero attached hydrogens (tertiary/aromatic N) is 1. The van der Waals surface area contributed by atoms with Gasteiger partial charge in [-0.3, -0.25) is 0 Å². The van der Waals surface area contributed by atoms with Crippen LogP contribution in [0.5, 0.6) is 0 Å². The van der Waals surface area contributed by atoms with E-state index in [1.807, 2.05) is 0 Å². The fraction of sp³-hybridized carbons (Fsp3) is 1.00. The molecule has 9 heavy (non-hydrogen) atoms. The normalized spacial score (nSPS) is 22.8. The highest BCUT2D eigenvalue weighted by Gasteiger charge is 2.07. The Morgan fingerprint density at radius 3 is 2.11 bits per heavy atom. The number of thiol groups is 1. The Balaban J connectivity index is 2.40. The molecule has 0 aromatic heterocycles. The second kappa shape index (κ2) is 3.78. The first-order valence-corrected chi connectivity index (χ1v) is 6.10. The van der Waals surface area contributed by atoms with Gasteiger partial charge in [-0.05, 0) is 30.6 Å². The van der Waals surface area contributed by atoms with Crippen molar-refractivity contribution in [2.24, 2.45) is 0 Å². The van der Waals surface area contributed by atoms with Crippen LogP contribution in [0.4, 0.5) is 0 Å². The highest BCUT2D eigenvalue weighted by Crippen LogP contribution is 1.95. The lowest BCUT2D eigenvalue weighted by atomic mass is 10.5. The Hall–Kier alpha value is 0.710. The predicted molar refractivity (Wildman–Crippen MR) is 45.9 cm³/mol. The van der Waals surface area contributed by atoms with Crippen LogP contribution < -0.4 is 0 Å². The van der Waals surface area contributed by atoms with Crippen LogP contribution in [0.1, 0.15) is 0 Å². The molecular formula is C4H9NOS3. The molecule has 54 valence electrons. The first kappa shape index (κ1) is 7.81. The van der Waals surface area contributed by atoms with Crippen molar-refractivity contribution in [3.8, 4) is 0 Å². The number of rotatable bonds is 1. The average Bonchev–Trinajstić information content (AvgIpc) is 1.90. The maximum Gasteiger partial charge on any atom is 0.0603 e. The van der Waals surface area contributed by atoms with Crippen LogP contribution in [-0.2, 0) is 35.3 Å². The predicted octanol–water partition coefficient (Wildman–Crippen LogP) is -0.492. The van der Waals surface area contributed by atoms with Crippen molar-refractivity contribution in [2.45, 2.75) is 0 Å². The zero-order valence-corrected chi connectivity index (χ0v) is 7.48. The number of morpholine rings is 1. The Bertz CT molecular complexity index is 142. The van der Waals surface area contributed by atoms with E-state index >= 15 is 0 Å². The third kappa shape index (κ3) is 2.43. The highest BCUT2D eigenvalue weighted by atomic mass is 33.1. The van der Waals surface area contributed by atoms with Gasteiger partial charge < -0.3 is 4.74 Å². The minimum Gasteiger partial charge on any atom is -0.379 e. The molecule has 1 heterocycles. The Morgan fingerprint density at radius 2 is 1.78 bits per heavy atom. The summed E-state index contributed by atoms with van der Waals surface area (Å²) >= 11 is 9.90. The van der Waals surface area contributed by atoms with Crippen LogP contribution in [0.3, 0.4) is 0 Å². The fourth-order valence-electron chi connectivity index (χ4n) is 0.717. The summed E-state index contributed by atoms with van der Waals surface area (Å²) in [6, 6.07) is 0. The standard InChI is InChI=1S/C4H9NOS3/c7-9(8)5-1-3-6-4-2-5/h9H,1-4H2. The minimum atomic E-state index is -0.699. The molecule has 0 saturated carbocycles. The molecule has 0 radical (unpaired) electrons. The molecule has 0 atom stereocenters. The lowest BCUT2D eigenvalue weighted by Crippen LogP contribution is -2.34. The summed E-state index contributed by atoms with van der Waals surface area (Å²) in [5.74, 6) is 0. The number of ether oxygens (including phenoxy) is 1. The van der Waals surface area contributed by atoms with Gasteiger partial charge in [0.15, 0.2) is 0 Å². The van der Waals surface area contributed by atoms with Crippen LogP contribution in [0, 0.1) is 0 Å². The summed E-state index contributed by atoms with van der Waals surface area (Å²) in [4.78, 5) is 0. The molecule has 2 nitrogen and oxygen atoms in total. The molecule has 1 aliphatic rings. The van der Waals surface area contributed by atoms with Crippen molar-refractivity contribution in [3.05, 3.63) is 0 Å². The average molecular weight is 183 g/mol. The van der Waals surface area contributed by atoms with Crippen molar-refractivity contribution in [2.75, 3.05) is 26.3 Å². The monoisotopic (exact) mass is 183 g/mol. The topological polar surface area (TPSA) is 12.5 Å². The number of hydrogen-bond donors (Lipinski definition) is 1. The maximum atomic E-state index is 5.13. The second-order valence-corrected chi connectivity index (χ2v) is 5.61. The summed E-state index contributed by atoms with van der Waals surface area (Å²) in [5.41, 5.74) is 0. The van der Waals surface area contributed by atoms with Gasteiger partial charge in [0.05, 0.1) is 13.2 Å². The summed E-state index contributed by atoms with van der Waals surface area (Å²) in [6.07, 6.45) is 0. The SMILES string of the molecule is S=[SH](=S)N1CCOCC1. The highest BCUT2D eigenvalue weighted by molar-refractivity contribution is 8.45. The maximum absolute atomic E-state index is 5.13. The van der Waals surface area contributed by atoms with Gasteiger partial charge in [-0.25, -0.2) is 4.31 Å². The molecule has 0 unspecified atom stereocenters. The van der Waals surface area contributed by atoms with Crippen LogP contribution in [0.15, 0.2) is 0 Å². The molecule has 1 saturated heterocycles. The van der Waals surface area contributed by atoms with Crippen LogP contribution >= 0.6 is 0 Å². The largest absolute Gasteiger partial charge is 0.379 e. The van der Waals surface area contributed by atoms with Crippen molar-refractivity contribution >= 4 is 30.6 Å². The molecular weight excluding hydrogens is 174 g/mol. The number of hydrogen-bond acceptors (Lipinski definition) is 3. The van der Waals surface area contributed by atoms with Crippen LogP contribution in [0.2, 0.25) is 0 Å². The summed E-state index contributed by atoms with van der Waals surface area (Å²) < 4.78 is 7.25. The van der Waals surface area contributed by atoms with Gasteiger partial charge in [-0.15, -0.1) is 0 Å². The van der Waals surface area contributed by atoms with E-state index in [0.29, 0.717) is 0 Å². The van der Waals surface area contributed by atoms with E-state index in [0.717, 1.165) is 26.3 Å². The van der Waals surface area contributed by atoms with Crippen LogP contribution in [-0.4, -0.2) is 30.6 Å². The van der Waals surface area contributed by atoms with Gasteiger partial charge >= 0.3 is 0 Å². The summed E-state index contributed by atoms with van der Waals surface area (Å²) in [6.45, 7) is 3.45. The van der Waals surface area contributed by atoms with Crippen molar-refractivity contribution in [1.82, 2.24) is 4.31 Å². The third-order valence-electron chi connectivity index (χ3n) is 1.22. The zero-order chi connectivity index (χ0) is 6.69. The van der Waals surface area contributed by atoms with E-state index < -0.39 is 8.20 Å². The molecule has 0 aliphatic carbocycles. The second-order valence-electron chi connectivity index (χ2n) is 1.80. The molecule has 0 aromatic rings. The molecule has 1 rings (SSSR count). The van der Waals surface area contributed by atoms with Gasteiger partial charge in [0, 0.05) is 13.1 Å². The summed E-state index contributed by atoms with van der Waals surface area (Å²) in [7, 11) is -0.699. The molecule has 0 N–H and O–H groups in total. The van der Waals surface area contributed by atoms with E-state index in [9.17, 15) is 0 Å². The molecule has 0 bridgehead atoms. The first-order chi connectivity index (χ1) is 4.30. The van der Waals surface area contributed by atoms with E-state index in [4.69, 9.17) is 27.1 Å². The minimum absolute atomic E-state index is 0.699. The zero-order valence-electron chi connectivity index (χ0n) is 4.95. The lowest BCUT2D eigenvalue weighted by molar-refractivity contribution is 0.0775. The quantitative estimate of drug-likeness (QED) is 0.550. The van der Waals surface area contributed by atoms with Gasteiger partial charge in [0.25, 0.3) is 0 Å². The third-order valence-corrected chi connectivity index (χ3v) is 3.47. The fourth-order valence-corrected chi connectivity index (χ4v) is 2.19. The van der Waals surface area contributed by atoms with Gasteiger partial charge in [0.1, 0.15) is 0 Å². The van der Waals surface area contributed by atoms with E-state index in [2.05, 4.69) is 4.31 Å². The van der Waals surface area contributed by atoms with E-state index in [1.165, 1.54) is 0 Å². The smallest absolute Gasteiger partial charge is 0.0603 e. The molecule has 1 aliphatic heterocycles. The van der Waals surface area contributed by atoms with Crippen molar-refractivity contribution < 1.29 is 4.74 Å². The van der Waals surface area contributed by atoms with Crippen molar-refractivity contribution in [3.63, 3.8) is 0 Å². The molecule has 0 aromatic carbocycles. The molecule has 0 spiro atoms. The van der Waals surface area contributed by atoms with Crippen molar-refractivity contribution in [1.29, 1.82) is 0 Å². The Labute approximate surface area is 66.1 Å². The first-order valence-electron chi connectivity index (χ1n) is 2.77. The summed E-state index contributed by atoms with van der Waals surface area (Å²) in [5, 5.41) is 0.